The van der Waals surface area contributed by atoms with Gasteiger partial charge < -0.3 is 13.9 Å². The molecule has 1 aliphatic heterocycles. The van der Waals surface area contributed by atoms with Gasteiger partial charge in [0.05, 0.1) is 6.54 Å². The van der Waals surface area contributed by atoms with Crippen LogP contribution in [0.2, 0.25) is 0 Å². The molecule has 3 aromatic rings. The lowest BCUT2D eigenvalue weighted by Gasteiger charge is -2.26. The predicted molar refractivity (Wildman–Crippen MR) is 110 cm³/mol. The minimum Gasteiger partial charge on any atom is -0.445 e. The molecule has 5 rings (SSSR count). The molecule has 3 aromatic heterocycles. The minimum absolute atomic E-state index is 0.175. The van der Waals surface area contributed by atoms with E-state index in [0.29, 0.717) is 31.8 Å². The van der Waals surface area contributed by atoms with Crippen molar-refractivity contribution in [3.8, 4) is 0 Å². The van der Waals surface area contributed by atoms with Crippen molar-refractivity contribution >= 4 is 5.91 Å². The predicted octanol–water partition coefficient (Wildman–Crippen LogP) is 2.86. The van der Waals surface area contributed by atoms with E-state index in [1.165, 1.54) is 0 Å². The molecule has 1 aliphatic carbocycles. The highest BCUT2D eigenvalue weighted by Gasteiger charge is 2.31. The summed E-state index contributed by atoms with van der Waals surface area (Å²) in [5, 5.41) is 0. The summed E-state index contributed by atoms with van der Waals surface area (Å²) in [6.45, 7) is 2.73. The second-order valence-corrected chi connectivity index (χ2v) is 8.13. The summed E-state index contributed by atoms with van der Waals surface area (Å²) in [4.78, 5) is 36.6. The Morgan fingerprint density at radius 1 is 1.27 bits per heavy atom. The van der Waals surface area contributed by atoms with Crippen molar-refractivity contribution in [1.29, 1.82) is 0 Å². The van der Waals surface area contributed by atoms with Crippen LogP contribution in [0.5, 0.6) is 0 Å². The molecule has 1 fully saturated rings. The number of oxazole rings is 1. The Morgan fingerprint density at radius 2 is 2.13 bits per heavy atom. The van der Waals surface area contributed by atoms with E-state index >= 15 is 0 Å². The number of rotatable bonds is 5. The van der Waals surface area contributed by atoms with Crippen molar-refractivity contribution in [1.82, 2.24) is 19.4 Å². The molecule has 0 bridgehead atoms. The number of fused-ring (bicyclic) bond motifs is 1. The van der Waals surface area contributed by atoms with Gasteiger partial charge in [0.25, 0.3) is 11.5 Å². The average molecular weight is 404 g/mol. The lowest BCUT2D eigenvalue weighted by molar-refractivity contribution is 0.0724. The van der Waals surface area contributed by atoms with Crippen LogP contribution in [-0.4, -0.2) is 31.9 Å². The van der Waals surface area contributed by atoms with Gasteiger partial charge in [-0.2, -0.15) is 0 Å². The number of aryl methyl sites for hydroxylation is 3. The fraction of sp³-hybridized carbons (Fsp3) is 0.391. The topological polar surface area (TPSA) is 81.2 Å². The highest BCUT2D eigenvalue weighted by molar-refractivity contribution is 5.95. The summed E-state index contributed by atoms with van der Waals surface area (Å²) in [5.74, 6) is 1.32. The number of aromatic nitrogens is 3. The van der Waals surface area contributed by atoms with Crippen LogP contribution in [0.3, 0.4) is 0 Å². The van der Waals surface area contributed by atoms with Gasteiger partial charge in [-0.15, -0.1) is 0 Å². The first-order valence-electron chi connectivity index (χ1n) is 10.5. The molecule has 30 heavy (non-hydrogen) atoms. The SMILES string of the molecule is Cc1ccn(C2CC2)c(=O)c1C(=O)N1CCc2oc(CCc3cccnc3)nc2C1. The first kappa shape index (κ1) is 18.8. The van der Waals surface area contributed by atoms with Crippen molar-refractivity contribution in [2.75, 3.05) is 6.54 Å². The van der Waals surface area contributed by atoms with Crippen molar-refractivity contribution in [2.24, 2.45) is 0 Å². The van der Waals surface area contributed by atoms with Crippen LogP contribution < -0.4 is 5.56 Å². The molecule has 0 saturated heterocycles. The second kappa shape index (κ2) is 7.55. The number of pyridine rings is 2. The molecule has 7 heteroatoms. The molecular weight excluding hydrogens is 380 g/mol. The minimum atomic E-state index is -0.210. The zero-order valence-electron chi connectivity index (χ0n) is 17.0. The van der Waals surface area contributed by atoms with Gasteiger partial charge in [0.15, 0.2) is 5.89 Å². The maximum Gasteiger partial charge on any atom is 0.263 e. The van der Waals surface area contributed by atoms with Gasteiger partial charge in [-0.05, 0) is 49.4 Å². The fourth-order valence-electron chi connectivity index (χ4n) is 4.03. The number of carbonyl (C=O) groups is 1. The first-order valence-corrected chi connectivity index (χ1v) is 10.5. The Hall–Kier alpha value is -3.22. The van der Waals surface area contributed by atoms with E-state index in [4.69, 9.17) is 4.42 Å². The van der Waals surface area contributed by atoms with Gasteiger partial charge in [0.2, 0.25) is 0 Å². The lowest BCUT2D eigenvalue weighted by atomic mass is 10.1. The molecule has 0 aromatic carbocycles. The van der Waals surface area contributed by atoms with Crippen LogP contribution in [0.1, 0.15) is 57.7 Å². The average Bonchev–Trinajstić information content (AvgIpc) is 3.51. The molecule has 0 radical (unpaired) electrons. The number of nitrogens with zero attached hydrogens (tertiary/aromatic N) is 4. The third-order valence-electron chi connectivity index (χ3n) is 5.89. The van der Waals surface area contributed by atoms with Crippen LogP contribution in [0.4, 0.5) is 0 Å². The summed E-state index contributed by atoms with van der Waals surface area (Å²) in [5.41, 5.74) is 2.77. The summed E-state index contributed by atoms with van der Waals surface area (Å²) in [7, 11) is 0. The van der Waals surface area contributed by atoms with Crippen molar-refractivity contribution in [3.63, 3.8) is 0 Å². The van der Waals surface area contributed by atoms with Gasteiger partial charge in [-0.25, -0.2) is 4.98 Å². The Bertz CT molecular complexity index is 1150. The zero-order chi connectivity index (χ0) is 20.7. The van der Waals surface area contributed by atoms with E-state index < -0.39 is 0 Å². The fourth-order valence-corrected chi connectivity index (χ4v) is 4.03. The van der Waals surface area contributed by atoms with E-state index in [9.17, 15) is 9.59 Å². The van der Waals surface area contributed by atoms with Crippen LogP contribution in [-0.2, 0) is 25.8 Å². The van der Waals surface area contributed by atoms with E-state index in [-0.39, 0.29) is 23.1 Å². The van der Waals surface area contributed by atoms with E-state index in [0.717, 1.165) is 41.8 Å². The summed E-state index contributed by atoms with van der Waals surface area (Å²) in [6.07, 6.45) is 9.54. The van der Waals surface area contributed by atoms with E-state index in [1.54, 1.807) is 15.7 Å². The highest BCUT2D eigenvalue weighted by Crippen LogP contribution is 2.33. The quantitative estimate of drug-likeness (QED) is 0.653. The summed E-state index contributed by atoms with van der Waals surface area (Å²) >= 11 is 0. The maximum absolute atomic E-state index is 13.2. The van der Waals surface area contributed by atoms with Gasteiger partial charge in [-0.1, -0.05) is 6.07 Å². The van der Waals surface area contributed by atoms with E-state index in [1.807, 2.05) is 37.5 Å². The molecular formula is C23H24N4O3. The number of hydrogen-bond acceptors (Lipinski definition) is 5. The molecule has 1 amide bonds. The highest BCUT2D eigenvalue weighted by atomic mass is 16.4. The van der Waals surface area contributed by atoms with Crippen LogP contribution >= 0.6 is 0 Å². The lowest BCUT2D eigenvalue weighted by Crippen LogP contribution is -2.40. The Labute approximate surface area is 174 Å². The Balaban J connectivity index is 1.32. The Kier molecular flexibility index (Phi) is 4.73. The van der Waals surface area contributed by atoms with E-state index in [2.05, 4.69) is 9.97 Å². The third-order valence-corrected chi connectivity index (χ3v) is 5.89. The van der Waals surface area contributed by atoms with Crippen LogP contribution in [0.15, 0.2) is 46.0 Å². The standard InChI is InChI=1S/C23H24N4O3/c1-15-8-12-27(17-5-6-17)23(29)21(15)22(28)26-11-9-19-18(14-26)25-20(30-19)7-4-16-3-2-10-24-13-16/h2-3,8,10,12-13,17H,4-7,9,11,14H2,1H3. The molecule has 0 N–H and O–H groups in total. The largest absolute Gasteiger partial charge is 0.445 e. The van der Waals surface area contributed by atoms with Crippen molar-refractivity contribution in [3.05, 3.63) is 81.2 Å². The molecule has 1 saturated carbocycles. The number of amides is 1. The summed E-state index contributed by atoms with van der Waals surface area (Å²) < 4.78 is 7.64. The van der Waals surface area contributed by atoms with Gasteiger partial charge in [-0.3, -0.25) is 14.6 Å². The molecule has 0 unspecified atom stereocenters. The molecule has 0 spiro atoms. The molecule has 2 aliphatic rings. The Morgan fingerprint density at radius 3 is 2.90 bits per heavy atom. The smallest absolute Gasteiger partial charge is 0.263 e. The molecule has 154 valence electrons. The third kappa shape index (κ3) is 3.56. The van der Waals surface area contributed by atoms with Crippen LogP contribution in [0, 0.1) is 6.92 Å². The number of hydrogen-bond donors (Lipinski definition) is 0. The second-order valence-electron chi connectivity index (χ2n) is 8.13. The van der Waals surface area contributed by atoms with Crippen LogP contribution in [0.25, 0.3) is 0 Å². The van der Waals surface area contributed by atoms with Gasteiger partial charge in [0, 0.05) is 44.0 Å². The normalized spacial score (nSPS) is 15.8. The molecule has 0 atom stereocenters. The maximum atomic E-state index is 13.2. The number of carbonyl (C=O) groups excluding carboxylic acids is 1. The summed E-state index contributed by atoms with van der Waals surface area (Å²) in [6, 6.07) is 6.07. The molecule has 4 heterocycles. The van der Waals surface area contributed by atoms with Crippen molar-refractivity contribution in [2.45, 2.75) is 51.6 Å². The van der Waals surface area contributed by atoms with Crippen molar-refractivity contribution < 1.29 is 9.21 Å². The zero-order valence-corrected chi connectivity index (χ0v) is 17.0. The molecule has 7 nitrogen and oxygen atoms in total. The monoisotopic (exact) mass is 404 g/mol. The van der Waals surface area contributed by atoms with Gasteiger partial charge in [0.1, 0.15) is 17.0 Å². The van der Waals surface area contributed by atoms with Gasteiger partial charge >= 0.3 is 0 Å². The first-order chi connectivity index (χ1) is 14.6.